The largest absolute Gasteiger partial charge is 0.373 e. The molecule has 1 aromatic heterocycles. The van der Waals surface area contributed by atoms with Gasteiger partial charge >= 0.3 is 0 Å². The number of nitrogens with zero attached hydrogens (tertiary/aromatic N) is 1. The van der Waals surface area contributed by atoms with Crippen LogP contribution in [0.25, 0.3) is 0 Å². The van der Waals surface area contributed by atoms with Crippen LogP contribution in [0.1, 0.15) is 44.3 Å². The number of rotatable bonds is 5. The lowest BCUT2D eigenvalue weighted by Gasteiger charge is -2.16. The van der Waals surface area contributed by atoms with E-state index in [-0.39, 0.29) is 6.10 Å². The van der Waals surface area contributed by atoms with E-state index in [0.717, 1.165) is 22.4 Å². The van der Waals surface area contributed by atoms with E-state index >= 15 is 0 Å². The molecule has 18 heavy (non-hydrogen) atoms. The lowest BCUT2D eigenvalue weighted by atomic mass is 10.1. The molecule has 1 unspecified atom stereocenters. The predicted molar refractivity (Wildman–Crippen MR) is 78.1 cm³/mol. The van der Waals surface area contributed by atoms with Crippen LogP contribution in [0.4, 0.5) is 0 Å². The van der Waals surface area contributed by atoms with Crippen molar-refractivity contribution in [1.82, 2.24) is 9.97 Å². The zero-order valence-corrected chi connectivity index (χ0v) is 13.4. The van der Waals surface area contributed by atoms with Gasteiger partial charge in [-0.15, -0.1) is 0 Å². The number of halogens is 1. The Morgan fingerprint density at radius 3 is 2.67 bits per heavy atom. The highest BCUT2D eigenvalue weighted by molar-refractivity contribution is 9.10. The number of nitrogens with one attached hydrogen (secondary N) is 1. The molecule has 0 bridgehead atoms. The molecule has 0 saturated heterocycles. The molecule has 0 amide bonds. The monoisotopic (exact) mass is 330 g/mol. The molecular formula is C13H19BrN2OS. The summed E-state index contributed by atoms with van der Waals surface area (Å²) < 4.78 is 7.10. The molecule has 1 saturated carbocycles. The van der Waals surface area contributed by atoms with Crippen molar-refractivity contribution < 1.29 is 4.74 Å². The molecule has 0 aromatic carbocycles. The summed E-state index contributed by atoms with van der Waals surface area (Å²) in [5.74, 6) is 2.05. The zero-order valence-electron chi connectivity index (χ0n) is 11.0. The number of ether oxygens (including phenoxy) is 1. The predicted octanol–water partition coefficient (Wildman–Crippen LogP) is 4.20. The lowest BCUT2D eigenvalue weighted by molar-refractivity contribution is 0.0768. The minimum Gasteiger partial charge on any atom is -0.373 e. The number of methoxy groups -OCH3 is 1. The summed E-state index contributed by atoms with van der Waals surface area (Å²) in [4.78, 5) is 7.87. The Morgan fingerprint density at radius 2 is 2.17 bits per heavy atom. The van der Waals surface area contributed by atoms with E-state index in [1.54, 1.807) is 7.11 Å². The van der Waals surface area contributed by atoms with E-state index in [2.05, 4.69) is 39.7 Å². The van der Waals surface area contributed by atoms with Crippen molar-refractivity contribution in [2.45, 2.75) is 39.2 Å². The number of hydrogen-bond donors (Lipinski definition) is 1. The number of hydrogen-bond acceptors (Lipinski definition) is 3. The van der Waals surface area contributed by atoms with Gasteiger partial charge in [0, 0.05) is 12.8 Å². The molecule has 3 nitrogen and oxygen atoms in total. The smallest absolute Gasteiger partial charge is 0.144 e. The average Bonchev–Trinajstić information content (AvgIpc) is 3.10. The van der Waals surface area contributed by atoms with Gasteiger partial charge in [0.2, 0.25) is 0 Å². The molecule has 1 N–H and O–H groups in total. The van der Waals surface area contributed by atoms with Crippen LogP contribution < -0.4 is 0 Å². The molecule has 1 fully saturated rings. The molecule has 1 heterocycles. The summed E-state index contributed by atoms with van der Waals surface area (Å²) in [5, 5.41) is 0. The number of aromatic amines is 1. The van der Waals surface area contributed by atoms with Crippen LogP contribution >= 0.6 is 28.1 Å². The molecule has 1 aliphatic rings. The van der Waals surface area contributed by atoms with Gasteiger partial charge in [0.1, 0.15) is 16.6 Å². The second kappa shape index (κ2) is 5.80. The van der Waals surface area contributed by atoms with Gasteiger partial charge in [0.05, 0.1) is 4.47 Å². The first-order chi connectivity index (χ1) is 8.52. The van der Waals surface area contributed by atoms with Crippen molar-refractivity contribution in [1.29, 1.82) is 0 Å². The first-order valence-corrected chi connectivity index (χ1v) is 7.54. The summed E-state index contributed by atoms with van der Waals surface area (Å²) in [5.41, 5.74) is 1.13. The maximum Gasteiger partial charge on any atom is 0.144 e. The Kier molecular flexibility index (Phi) is 4.56. The molecule has 0 radical (unpaired) electrons. The summed E-state index contributed by atoms with van der Waals surface area (Å²) in [6, 6.07) is 0. The zero-order chi connectivity index (χ0) is 13.3. The summed E-state index contributed by atoms with van der Waals surface area (Å²) in [6.45, 7) is 4.39. The Bertz CT molecular complexity index is 482. The average molecular weight is 331 g/mol. The lowest BCUT2D eigenvalue weighted by Crippen LogP contribution is -2.12. The van der Waals surface area contributed by atoms with Crippen LogP contribution in [0.5, 0.6) is 0 Å². The third-order valence-corrected chi connectivity index (χ3v) is 4.55. The minimum absolute atomic E-state index is 0.0608. The van der Waals surface area contributed by atoms with E-state index in [1.165, 1.54) is 12.8 Å². The summed E-state index contributed by atoms with van der Waals surface area (Å²) in [6.07, 6.45) is 3.46. The van der Waals surface area contributed by atoms with Gasteiger partial charge in [0.15, 0.2) is 0 Å². The van der Waals surface area contributed by atoms with Crippen LogP contribution in [0.2, 0.25) is 0 Å². The van der Waals surface area contributed by atoms with Crippen molar-refractivity contribution in [3.05, 3.63) is 20.6 Å². The van der Waals surface area contributed by atoms with Gasteiger partial charge in [-0.1, -0.05) is 26.1 Å². The molecule has 1 aromatic rings. The fraction of sp³-hybridized carbons (Fsp3) is 0.692. The van der Waals surface area contributed by atoms with Crippen LogP contribution in [0.15, 0.2) is 4.47 Å². The van der Waals surface area contributed by atoms with E-state index in [1.807, 2.05) is 0 Å². The highest BCUT2D eigenvalue weighted by Crippen LogP contribution is 2.42. The Balaban J connectivity index is 2.36. The highest BCUT2D eigenvalue weighted by atomic mass is 79.9. The quantitative estimate of drug-likeness (QED) is 0.822. The number of aromatic nitrogens is 2. The fourth-order valence-electron chi connectivity index (χ4n) is 2.13. The van der Waals surface area contributed by atoms with Crippen LogP contribution in [-0.4, -0.2) is 17.1 Å². The summed E-state index contributed by atoms with van der Waals surface area (Å²) >= 11 is 8.85. The fourth-order valence-corrected chi connectivity index (χ4v) is 2.71. The standard InChI is InChI=1S/C13H19BrN2OS/c1-7(2)6-9-10(14)13(18)16-12(15-9)11(17-3)8-4-5-8/h7-8,11H,4-6H2,1-3H3,(H,15,16,18). The van der Waals surface area contributed by atoms with Crippen LogP contribution in [-0.2, 0) is 11.2 Å². The molecule has 1 aliphatic carbocycles. The normalized spacial score (nSPS) is 17.2. The number of H-pyrrole nitrogens is 1. The molecule has 100 valence electrons. The first-order valence-electron chi connectivity index (χ1n) is 6.34. The van der Waals surface area contributed by atoms with E-state index < -0.39 is 0 Å². The van der Waals surface area contributed by atoms with Crippen molar-refractivity contribution in [2.75, 3.05) is 7.11 Å². The van der Waals surface area contributed by atoms with E-state index in [9.17, 15) is 0 Å². The highest BCUT2D eigenvalue weighted by Gasteiger charge is 2.34. The molecule has 0 aliphatic heterocycles. The van der Waals surface area contributed by atoms with Gasteiger partial charge in [0.25, 0.3) is 0 Å². The third-order valence-electron chi connectivity index (χ3n) is 3.14. The molecule has 1 atom stereocenters. The van der Waals surface area contributed by atoms with E-state index in [0.29, 0.717) is 16.5 Å². The molecule has 0 spiro atoms. The van der Waals surface area contributed by atoms with Gasteiger partial charge < -0.3 is 9.72 Å². The topological polar surface area (TPSA) is 37.9 Å². The first kappa shape index (κ1) is 14.2. The second-order valence-electron chi connectivity index (χ2n) is 5.31. The van der Waals surface area contributed by atoms with Gasteiger partial charge in [-0.05, 0) is 47.0 Å². The minimum atomic E-state index is 0.0608. The molecule has 2 rings (SSSR count). The maximum atomic E-state index is 5.56. The van der Waals surface area contributed by atoms with Crippen LogP contribution in [0.3, 0.4) is 0 Å². The third kappa shape index (κ3) is 3.19. The molecular weight excluding hydrogens is 312 g/mol. The Morgan fingerprint density at radius 1 is 1.50 bits per heavy atom. The van der Waals surface area contributed by atoms with Crippen LogP contribution in [0, 0.1) is 16.5 Å². The van der Waals surface area contributed by atoms with E-state index in [4.69, 9.17) is 17.0 Å². The van der Waals surface area contributed by atoms with Crippen molar-refractivity contribution in [2.24, 2.45) is 11.8 Å². The SMILES string of the molecule is COC(c1nc(=S)c(Br)c(CC(C)C)[nH]1)C1CC1. The van der Waals surface area contributed by atoms with Crippen molar-refractivity contribution in [3.63, 3.8) is 0 Å². The maximum absolute atomic E-state index is 5.56. The van der Waals surface area contributed by atoms with Crippen molar-refractivity contribution in [3.8, 4) is 0 Å². The van der Waals surface area contributed by atoms with Crippen molar-refractivity contribution >= 4 is 28.1 Å². The second-order valence-corrected chi connectivity index (χ2v) is 6.49. The van der Waals surface area contributed by atoms with Gasteiger partial charge in [-0.3, -0.25) is 0 Å². The summed E-state index contributed by atoms with van der Waals surface area (Å²) in [7, 11) is 1.74. The molecule has 5 heteroatoms. The Labute approximate surface area is 121 Å². The Hall–Kier alpha value is -0.260. The van der Waals surface area contributed by atoms with Gasteiger partial charge in [-0.25, -0.2) is 4.98 Å². The van der Waals surface area contributed by atoms with Gasteiger partial charge in [-0.2, -0.15) is 0 Å².